The summed E-state index contributed by atoms with van der Waals surface area (Å²) in [5, 5.41) is 7.04. The number of para-hydroxylation sites is 1. The number of fused-ring (bicyclic) bond motifs is 1. The maximum absolute atomic E-state index is 13.0. The van der Waals surface area contributed by atoms with Gasteiger partial charge in [-0.1, -0.05) is 41.6 Å². The Balaban J connectivity index is 1.53. The van der Waals surface area contributed by atoms with Crippen LogP contribution in [0.1, 0.15) is 39.5 Å². The molecule has 1 unspecified atom stereocenters. The number of nitrogens with one attached hydrogen (secondary N) is 1. The standard InChI is InChI=1S/C30H26N6O5S2/c1-19(37)41-35-28(31)21-8-4-7-20(15-21)16-26(30-34-25-12-2-3-13-27(25)42-30)36(43(39)40)24-11-5-10-23(17-24)33-29(38)22-9-6-14-32-18-22/h2-15,17-18,26,43H,16H2,1H3,(H2,31,35)(H,33,38). The zero-order valence-electron chi connectivity index (χ0n) is 22.8. The summed E-state index contributed by atoms with van der Waals surface area (Å²) in [7, 11) is -3.17. The predicted molar refractivity (Wildman–Crippen MR) is 166 cm³/mol. The third-order valence-corrected chi connectivity index (χ3v) is 8.28. The first kappa shape index (κ1) is 29.4. The minimum atomic E-state index is -3.17. The van der Waals surface area contributed by atoms with E-state index in [1.165, 1.54) is 28.8 Å². The topological polar surface area (TPSA) is 157 Å². The molecular weight excluding hydrogens is 589 g/mol. The van der Waals surface area contributed by atoms with Crippen molar-refractivity contribution in [2.75, 3.05) is 9.62 Å². The summed E-state index contributed by atoms with van der Waals surface area (Å²) < 4.78 is 28.1. The van der Waals surface area contributed by atoms with E-state index in [2.05, 4.69) is 20.3 Å². The quantitative estimate of drug-likeness (QED) is 0.0685. The number of aromatic nitrogens is 2. The van der Waals surface area contributed by atoms with Crippen LogP contribution in [0.25, 0.3) is 10.2 Å². The zero-order chi connectivity index (χ0) is 30.3. The van der Waals surface area contributed by atoms with Gasteiger partial charge in [0.25, 0.3) is 5.91 Å². The van der Waals surface area contributed by atoms with Gasteiger partial charge >= 0.3 is 5.97 Å². The number of amidine groups is 1. The van der Waals surface area contributed by atoms with Gasteiger partial charge in [-0.15, -0.1) is 11.3 Å². The van der Waals surface area contributed by atoms with Gasteiger partial charge in [0.2, 0.25) is 10.9 Å². The number of pyridine rings is 1. The molecule has 2 aromatic heterocycles. The number of rotatable bonds is 10. The molecule has 0 radical (unpaired) electrons. The highest BCUT2D eigenvalue weighted by Crippen LogP contribution is 2.36. The molecule has 0 spiro atoms. The van der Waals surface area contributed by atoms with Gasteiger partial charge in [-0.3, -0.25) is 14.1 Å². The molecule has 43 heavy (non-hydrogen) atoms. The van der Waals surface area contributed by atoms with Crippen molar-refractivity contribution >= 4 is 61.5 Å². The first-order valence-corrected chi connectivity index (χ1v) is 14.9. The number of nitrogens with two attached hydrogens (primary N) is 1. The van der Waals surface area contributed by atoms with E-state index in [0.29, 0.717) is 27.5 Å². The van der Waals surface area contributed by atoms with Crippen LogP contribution < -0.4 is 15.4 Å². The van der Waals surface area contributed by atoms with Crippen molar-refractivity contribution in [3.63, 3.8) is 0 Å². The molecule has 1 amide bonds. The van der Waals surface area contributed by atoms with Crippen molar-refractivity contribution in [3.8, 4) is 0 Å². The lowest BCUT2D eigenvalue weighted by Gasteiger charge is -2.27. The Labute approximate surface area is 252 Å². The fourth-order valence-electron chi connectivity index (χ4n) is 4.37. The van der Waals surface area contributed by atoms with Gasteiger partial charge in [0.15, 0.2) is 5.84 Å². The van der Waals surface area contributed by atoms with Crippen LogP contribution >= 0.6 is 11.3 Å². The van der Waals surface area contributed by atoms with Gasteiger partial charge in [0.05, 0.1) is 21.5 Å². The lowest BCUT2D eigenvalue weighted by Crippen LogP contribution is -2.29. The van der Waals surface area contributed by atoms with Crippen LogP contribution in [0.2, 0.25) is 0 Å². The normalized spacial score (nSPS) is 12.2. The number of carbonyl (C=O) groups is 2. The van der Waals surface area contributed by atoms with Crippen molar-refractivity contribution in [1.29, 1.82) is 0 Å². The highest BCUT2D eigenvalue weighted by molar-refractivity contribution is 7.74. The molecule has 0 saturated heterocycles. The Morgan fingerprint density at radius 1 is 1.02 bits per heavy atom. The number of oxime groups is 1. The highest BCUT2D eigenvalue weighted by Gasteiger charge is 2.28. The fraction of sp³-hybridized carbons (Fsp3) is 0.100. The molecule has 2 heterocycles. The molecule has 0 bridgehead atoms. The van der Waals surface area contributed by atoms with E-state index >= 15 is 0 Å². The van der Waals surface area contributed by atoms with E-state index in [0.717, 1.165) is 15.8 Å². The van der Waals surface area contributed by atoms with Crippen LogP contribution in [0.3, 0.4) is 0 Å². The number of hydrogen-bond donors (Lipinski definition) is 3. The van der Waals surface area contributed by atoms with Crippen molar-refractivity contribution in [3.05, 3.63) is 119 Å². The van der Waals surface area contributed by atoms with Gasteiger partial charge in [-0.05, 0) is 54.1 Å². The molecule has 13 heteroatoms. The summed E-state index contributed by atoms with van der Waals surface area (Å²) >= 11 is 1.40. The predicted octanol–water partition coefficient (Wildman–Crippen LogP) is 4.44. The van der Waals surface area contributed by atoms with Crippen LogP contribution in [0.15, 0.2) is 102 Å². The van der Waals surface area contributed by atoms with Crippen molar-refractivity contribution in [1.82, 2.24) is 9.97 Å². The van der Waals surface area contributed by atoms with E-state index in [1.54, 1.807) is 60.8 Å². The molecular formula is C30H26N6O5S2. The number of nitrogens with zero attached hydrogens (tertiary/aromatic N) is 4. The maximum atomic E-state index is 13.0. The molecule has 1 atom stereocenters. The van der Waals surface area contributed by atoms with E-state index in [4.69, 9.17) is 10.7 Å². The van der Waals surface area contributed by atoms with E-state index in [-0.39, 0.29) is 18.2 Å². The van der Waals surface area contributed by atoms with Gasteiger partial charge in [-0.25, -0.2) is 18.2 Å². The molecule has 3 N–H and O–H groups in total. The number of carbonyl (C=O) groups excluding carboxylic acids is 2. The van der Waals surface area contributed by atoms with Crippen molar-refractivity contribution in [2.45, 2.75) is 19.4 Å². The van der Waals surface area contributed by atoms with Gasteiger partial charge in [-0.2, -0.15) is 0 Å². The van der Waals surface area contributed by atoms with Crippen LogP contribution in [0.5, 0.6) is 0 Å². The maximum Gasteiger partial charge on any atom is 0.332 e. The average molecular weight is 615 g/mol. The minimum Gasteiger partial charge on any atom is -0.380 e. The van der Waals surface area contributed by atoms with Crippen LogP contribution in [0, 0.1) is 0 Å². The smallest absolute Gasteiger partial charge is 0.332 e. The molecule has 0 aliphatic rings. The Bertz CT molecular complexity index is 1850. The summed E-state index contributed by atoms with van der Waals surface area (Å²) in [4.78, 5) is 37.4. The Morgan fingerprint density at radius 2 is 1.81 bits per heavy atom. The number of anilines is 2. The largest absolute Gasteiger partial charge is 0.380 e. The summed E-state index contributed by atoms with van der Waals surface area (Å²) in [5.41, 5.74) is 9.13. The lowest BCUT2D eigenvalue weighted by molar-refractivity contribution is -0.140. The number of benzene rings is 3. The summed E-state index contributed by atoms with van der Waals surface area (Å²) in [6.45, 7) is 1.22. The molecule has 218 valence electrons. The van der Waals surface area contributed by atoms with E-state index < -0.39 is 22.9 Å². The van der Waals surface area contributed by atoms with Crippen molar-refractivity contribution in [2.24, 2.45) is 10.9 Å². The lowest BCUT2D eigenvalue weighted by atomic mass is 10.0. The minimum absolute atomic E-state index is 0.00240. The number of amides is 1. The Kier molecular flexibility index (Phi) is 9.03. The van der Waals surface area contributed by atoms with Crippen LogP contribution in [-0.4, -0.2) is 36.1 Å². The van der Waals surface area contributed by atoms with Gasteiger partial charge < -0.3 is 15.9 Å². The Hall–Kier alpha value is -5.14. The van der Waals surface area contributed by atoms with Crippen molar-refractivity contribution < 1.29 is 22.8 Å². The second-order valence-corrected chi connectivity index (χ2v) is 11.3. The third kappa shape index (κ3) is 7.20. The number of thiol groups is 1. The molecule has 5 aromatic rings. The number of thiazole rings is 1. The molecule has 0 aliphatic carbocycles. The summed E-state index contributed by atoms with van der Waals surface area (Å²) in [6.07, 6.45) is 3.24. The van der Waals surface area contributed by atoms with Gasteiger partial charge in [0.1, 0.15) is 11.0 Å². The summed E-state index contributed by atoms with van der Waals surface area (Å²) in [6, 6.07) is 23.8. The molecule has 0 fully saturated rings. The number of hydrogen-bond acceptors (Lipinski definition) is 9. The SMILES string of the molecule is CC(=O)O/N=C(/N)c1cccc(CC(c2nc3ccccc3s2)N(c2cccc(NC(=O)c3cccnc3)c2)[SH](=O)=O)c1. The van der Waals surface area contributed by atoms with E-state index in [9.17, 15) is 18.0 Å². The summed E-state index contributed by atoms with van der Waals surface area (Å²) in [5.74, 6) is -0.989. The molecule has 0 aliphatic heterocycles. The first-order valence-electron chi connectivity index (χ1n) is 13.0. The highest BCUT2D eigenvalue weighted by atomic mass is 32.2. The van der Waals surface area contributed by atoms with Crippen LogP contribution in [0.4, 0.5) is 11.4 Å². The van der Waals surface area contributed by atoms with E-state index in [1.807, 2.05) is 30.3 Å². The monoisotopic (exact) mass is 614 g/mol. The van der Waals surface area contributed by atoms with Gasteiger partial charge in [0, 0.05) is 37.0 Å². The second-order valence-electron chi connectivity index (χ2n) is 9.33. The second kappa shape index (κ2) is 13.2. The molecule has 0 saturated carbocycles. The first-order chi connectivity index (χ1) is 20.8. The zero-order valence-corrected chi connectivity index (χ0v) is 24.5. The fourth-order valence-corrected chi connectivity index (χ4v) is 6.24. The molecule has 5 rings (SSSR count). The van der Waals surface area contributed by atoms with Crippen LogP contribution in [-0.2, 0) is 26.9 Å². The third-order valence-electron chi connectivity index (χ3n) is 6.28. The average Bonchev–Trinajstić information content (AvgIpc) is 3.44. The Morgan fingerprint density at radius 3 is 2.56 bits per heavy atom. The molecule has 3 aromatic carbocycles. The molecule has 11 nitrogen and oxygen atoms in total.